The zero-order chi connectivity index (χ0) is 18.6. The molecular weight excluding hydrogens is 340 g/mol. The first-order valence-electron chi connectivity index (χ1n) is 9.06. The normalized spacial score (nSPS) is 13.9. The highest BCUT2D eigenvalue weighted by molar-refractivity contribution is 5.94. The van der Waals surface area contributed by atoms with E-state index in [4.69, 9.17) is 9.15 Å². The zero-order valence-electron chi connectivity index (χ0n) is 15.2. The number of ether oxygens (including phenoxy) is 1. The molecule has 1 aromatic heterocycles. The molecule has 0 unspecified atom stereocenters. The van der Waals surface area contributed by atoms with Crippen LogP contribution in [-0.2, 0) is 6.42 Å². The van der Waals surface area contributed by atoms with Crippen molar-refractivity contribution in [3.63, 3.8) is 0 Å². The molecule has 3 aromatic rings. The molecule has 0 bridgehead atoms. The monoisotopic (exact) mass is 362 g/mol. The Hall–Kier alpha value is -3.21. The number of furan rings is 1. The number of rotatable bonds is 6. The minimum absolute atomic E-state index is 0.0572. The molecule has 0 saturated heterocycles. The summed E-state index contributed by atoms with van der Waals surface area (Å²) in [6.07, 6.45) is 2.67. The molecule has 1 aliphatic rings. The summed E-state index contributed by atoms with van der Waals surface area (Å²) in [7, 11) is 1.59. The van der Waals surface area contributed by atoms with Crippen molar-refractivity contribution in [2.24, 2.45) is 0 Å². The van der Waals surface area contributed by atoms with Crippen LogP contribution in [0, 0.1) is 0 Å². The first-order valence-corrected chi connectivity index (χ1v) is 9.06. The number of methoxy groups -OCH3 is 1. The van der Waals surface area contributed by atoms with Crippen molar-refractivity contribution in [1.82, 2.24) is 5.32 Å². The fourth-order valence-corrected chi connectivity index (χ4v) is 3.59. The minimum atomic E-state index is -0.127. The van der Waals surface area contributed by atoms with Crippen LogP contribution < -0.4 is 15.0 Å². The average molecular weight is 362 g/mol. The van der Waals surface area contributed by atoms with Crippen LogP contribution in [0.3, 0.4) is 0 Å². The van der Waals surface area contributed by atoms with Crippen LogP contribution in [-0.4, -0.2) is 26.1 Å². The fourth-order valence-electron chi connectivity index (χ4n) is 3.59. The SMILES string of the molecule is COc1cccc(C(=O)NC[C@H](c2ccco2)N2CCc3ccccc32)c1. The van der Waals surface area contributed by atoms with Gasteiger partial charge in [0.15, 0.2) is 0 Å². The highest BCUT2D eigenvalue weighted by Gasteiger charge is 2.29. The van der Waals surface area contributed by atoms with Crippen LogP contribution >= 0.6 is 0 Å². The van der Waals surface area contributed by atoms with Crippen molar-refractivity contribution in [2.45, 2.75) is 12.5 Å². The Bertz CT molecular complexity index is 921. The smallest absolute Gasteiger partial charge is 0.251 e. The molecular formula is C22H22N2O3. The molecule has 0 radical (unpaired) electrons. The lowest BCUT2D eigenvalue weighted by atomic mass is 10.1. The molecule has 2 heterocycles. The maximum atomic E-state index is 12.6. The average Bonchev–Trinajstić information content (AvgIpc) is 3.39. The van der Waals surface area contributed by atoms with Crippen molar-refractivity contribution in [3.05, 3.63) is 83.8 Å². The molecule has 1 N–H and O–H groups in total. The Balaban J connectivity index is 1.54. The number of hydrogen-bond acceptors (Lipinski definition) is 4. The number of hydrogen-bond donors (Lipinski definition) is 1. The van der Waals surface area contributed by atoms with Crippen molar-refractivity contribution in [2.75, 3.05) is 25.1 Å². The highest BCUT2D eigenvalue weighted by atomic mass is 16.5. The van der Waals surface area contributed by atoms with E-state index in [2.05, 4.69) is 28.4 Å². The largest absolute Gasteiger partial charge is 0.497 e. The number of nitrogens with zero attached hydrogens (tertiary/aromatic N) is 1. The molecule has 4 rings (SSSR count). The van der Waals surface area contributed by atoms with Gasteiger partial charge < -0.3 is 19.4 Å². The Morgan fingerprint density at radius 2 is 2.07 bits per heavy atom. The standard InChI is InChI=1S/C22H22N2O3/c1-26-18-8-4-7-17(14-18)22(25)23-15-20(21-10-5-13-27-21)24-12-11-16-6-2-3-9-19(16)24/h2-10,13-14,20H,11-12,15H2,1H3,(H,23,25)/t20-/m1/s1. The predicted octanol–water partition coefficient (Wildman–Crippen LogP) is 3.82. The Morgan fingerprint density at radius 3 is 2.89 bits per heavy atom. The summed E-state index contributed by atoms with van der Waals surface area (Å²) < 4.78 is 10.9. The number of nitrogens with one attached hydrogen (secondary N) is 1. The van der Waals surface area contributed by atoms with Gasteiger partial charge in [0.2, 0.25) is 0 Å². The van der Waals surface area contributed by atoms with Crippen LogP contribution in [0.25, 0.3) is 0 Å². The maximum absolute atomic E-state index is 12.6. The summed E-state index contributed by atoms with van der Waals surface area (Å²) in [6.45, 7) is 1.36. The molecule has 1 aliphatic heterocycles. The summed E-state index contributed by atoms with van der Waals surface area (Å²) in [4.78, 5) is 14.9. The van der Waals surface area contributed by atoms with Crippen LogP contribution in [0.1, 0.15) is 27.7 Å². The van der Waals surface area contributed by atoms with Crippen molar-refractivity contribution in [3.8, 4) is 5.75 Å². The van der Waals surface area contributed by atoms with Gasteiger partial charge in [-0.1, -0.05) is 24.3 Å². The van der Waals surface area contributed by atoms with E-state index >= 15 is 0 Å². The number of carbonyl (C=O) groups excluding carboxylic acids is 1. The molecule has 0 aliphatic carbocycles. The Morgan fingerprint density at radius 1 is 1.19 bits per heavy atom. The lowest BCUT2D eigenvalue weighted by Gasteiger charge is -2.29. The predicted molar refractivity (Wildman–Crippen MR) is 104 cm³/mol. The summed E-state index contributed by atoms with van der Waals surface area (Å²) in [5, 5.41) is 3.05. The highest BCUT2D eigenvalue weighted by Crippen LogP contribution is 2.35. The van der Waals surface area contributed by atoms with Crippen LogP contribution in [0.4, 0.5) is 5.69 Å². The number of para-hydroxylation sites is 1. The second-order valence-corrected chi connectivity index (χ2v) is 6.55. The maximum Gasteiger partial charge on any atom is 0.251 e. The topological polar surface area (TPSA) is 54.7 Å². The Kier molecular flexibility index (Phi) is 4.83. The molecule has 2 aromatic carbocycles. The minimum Gasteiger partial charge on any atom is -0.497 e. The third-order valence-electron chi connectivity index (χ3n) is 4.96. The van der Waals surface area contributed by atoms with Gasteiger partial charge in [-0.25, -0.2) is 0 Å². The van der Waals surface area contributed by atoms with Gasteiger partial charge in [0, 0.05) is 24.3 Å². The molecule has 0 fully saturated rings. The van der Waals surface area contributed by atoms with Gasteiger partial charge in [-0.3, -0.25) is 4.79 Å². The number of fused-ring (bicyclic) bond motifs is 1. The summed E-state index contributed by atoms with van der Waals surface area (Å²) in [5.74, 6) is 1.38. The van der Waals surface area contributed by atoms with Gasteiger partial charge in [0.05, 0.1) is 13.4 Å². The lowest BCUT2D eigenvalue weighted by molar-refractivity contribution is 0.0950. The number of carbonyl (C=O) groups is 1. The van der Waals surface area contributed by atoms with E-state index in [1.165, 1.54) is 11.3 Å². The molecule has 27 heavy (non-hydrogen) atoms. The second-order valence-electron chi connectivity index (χ2n) is 6.55. The quantitative estimate of drug-likeness (QED) is 0.724. The second kappa shape index (κ2) is 7.58. The molecule has 5 nitrogen and oxygen atoms in total. The fraction of sp³-hybridized carbons (Fsp3) is 0.227. The van der Waals surface area contributed by atoms with Gasteiger partial charge >= 0.3 is 0 Å². The van der Waals surface area contributed by atoms with E-state index < -0.39 is 0 Å². The van der Waals surface area contributed by atoms with Gasteiger partial charge in [0.1, 0.15) is 17.6 Å². The first kappa shape index (κ1) is 17.2. The first-order chi connectivity index (χ1) is 13.3. The van der Waals surface area contributed by atoms with Crippen LogP contribution in [0.2, 0.25) is 0 Å². The third-order valence-corrected chi connectivity index (χ3v) is 4.96. The van der Waals surface area contributed by atoms with E-state index in [1.54, 1.807) is 25.5 Å². The molecule has 138 valence electrons. The number of amides is 1. The molecule has 0 spiro atoms. The lowest BCUT2D eigenvalue weighted by Crippen LogP contribution is -2.37. The van der Waals surface area contributed by atoms with Crippen molar-refractivity contribution in [1.29, 1.82) is 0 Å². The summed E-state index contributed by atoms with van der Waals surface area (Å²) in [6, 6.07) is 19.3. The van der Waals surface area contributed by atoms with Gasteiger partial charge in [0.25, 0.3) is 5.91 Å². The molecule has 1 amide bonds. The van der Waals surface area contributed by atoms with E-state index in [1.807, 2.05) is 30.3 Å². The van der Waals surface area contributed by atoms with Gasteiger partial charge in [-0.2, -0.15) is 0 Å². The Labute approximate surface area is 158 Å². The number of anilines is 1. The van der Waals surface area contributed by atoms with E-state index in [-0.39, 0.29) is 11.9 Å². The molecule has 1 atom stereocenters. The van der Waals surface area contributed by atoms with Crippen LogP contribution in [0.15, 0.2) is 71.3 Å². The van der Waals surface area contributed by atoms with Crippen molar-refractivity contribution >= 4 is 11.6 Å². The summed E-state index contributed by atoms with van der Waals surface area (Å²) >= 11 is 0. The summed E-state index contributed by atoms with van der Waals surface area (Å²) in [5.41, 5.74) is 3.11. The van der Waals surface area contributed by atoms with Gasteiger partial charge in [-0.05, 0) is 48.4 Å². The van der Waals surface area contributed by atoms with E-state index in [0.29, 0.717) is 17.9 Å². The van der Waals surface area contributed by atoms with Gasteiger partial charge in [-0.15, -0.1) is 0 Å². The third kappa shape index (κ3) is 3.53. The van der Waals surface area contributed by atoms with E-state index in [9.17, 15) is 4.79 Å². The van der Waals surface area contributed by atoms with E-state index in [0.717, 1.165) is 18.7 Å². The van der Waals surface area contributed by atoms with Crippen molar-refractivity contribution < 1.29 is 13.9 Å². The number of benzene rings is 2. The zero-order valence-corrected chi connectivity index (χ0v) is 15.2. The molecule has 5 heteroatoms. The molecule has 0 saturated carbocycles. The van der Waals surface area contributed by atoms with Crippen LogP contribution in [0.5, 0.6) is 5.75 Å².